The molecule has 1 aliphatic heterocycles. The third-order valence-corrected chi connectivity index (χ3v) is 5.35. The third-order valence-electron chi connectivity index (χ3n) is 5.35. The molecule has 1 aliphatic carbocycles. The minimum absolute atomic E-state index is 0.0381. The van der Waals surface area contributed by atoms with Gasteiger partial charge in [-0.3, -0.25) is 4.90 Å². The van der Waals surface area contributed by atoms with Crippen LogP contribution in [0, 0.1) is 0 Å². The van der Waals surface area contributed by atoms with E-state index in [1.807, 2.05) is 24.3 Å². The molecule has 0 bridgehead atoms. The Morgan fingerprint density at radius 2 is 1.78 bits per heavy atom. The summed E-state index contributed by atoms with van der Waals surface area (Å²) in [6.07, 6.45) is 1.63. The zero-order chi connectivity index (χ0) is 18.4. The second-order valence-electron chi connectivity index (χ2n) is 6.88. The van der Waals surface area contributed by atoms with E-state index in [2.05, 4.69) is 29.2 Å². The molecule has 1 N–H and O–H groups in total. The number of ether oxygens (including phenoxy) is 1. The molecule has 3 aromatic rings. The van der Waals surface area contributed by atoms with E-state index in [1.165, 1.54) is 28.5 Å². The number of carbonyl (C=O) groups is 1. The van der Waals surface area contributed by atoms with Crippen molar-refractivity contribution in [2.75, 3.05) is 18.1 Å². The summed E-state index contributed by atoms with van der Waals surface area (Å²) in [6, 6.07) is 18.2. The predicted octanol–water partition coefficient (Wildman–Crippen LogP) is 4.10. The van der Waals surface area contributed by atoms with Crippen LogP contribution in [0.1, 0.15) is 22.6 Å². The number of rotatable bonds is 2. The zero-order valence-electron chi connectivity index (χ0n) is 14.6. The number of fused-ring (bicyclic) bond motifs is 4. The lowest BCUT2D eigenvalue weighted by Crippen LogP contribution is -2.31. The van der Waals surface area contributed by atoms with Crippen molar-refractivity contribution >= 4 is 11.9 Å². The fourth-order valence-corrected chi connectivity index (χ4v) is 4.11. The van der Waals surface area contributed by atoms with Gasteiger partial charge in [0.1, 0.15) is 18.2 Å². The van der Waals surface area contributed by atoms with Crippen LogP contribution in [0.25, 0.3) is 11.1 Å². The molecule has 2 heterocycles. The largest absolute Gasteiger partial charge is 0.506 e. The number of carbonyl (C=O) groups excluding carboxylic acids is 1. The summed E-state index contributed by atoms with van der Waals surface area (Å²) < 4.78 is 5.70. The molecule has 0 saturated heterocycles. The van der Waals surface area contributed by atoms with E-state index in [9.17, 15) is 9.90 Å². The summed E-state index contributed by atoms with van der Waals surface area (Å²) in [5.41, 5.74) is 5.66. The molecule has 0 saturated carbocycles. The van der Waals surface area contributed by atoms with Gasteiger partial charge in [0.25, 0.3) is 0 Å². The van der Waals surface area contributed by atoms with E-state index < -0.39 is 6.09 Å². The van der Waals surface area contributed by atoms with Gasteiger partial charge in [0.15, 0.2) is 0 Å². The van der Waals surface area contributed by atoms with E-state index in [1.54, 1.807) is 11.0 Å². The van der Waals surface area contributed by atoms with Gasteiger partial charge in [-0.15, -0.1) is 0 Å². The summed E-state index contributed by atoms with van der Waals surface area (Å²) in [5, 5.41) is 9.56. The first kappa shape index (κ1) is 15.9. The number of pyridine rings is 1. The number of aromatic nitrogens is 1. The Hall–Kier alpha value is -3.34. The van der Waals surface area contributed by atoms with Gasteiger partial charge < -0.3 is 9.84 Å². The lowest BCUT2D eigenvalue weighted by Gasteiger charge is -2.19. The number of anilines is 1. The van der Waals surface area contributed by atoms with Crippen molar-refractivity contribution in [3.05, 3.63) is 77.5 Å². The van der Waals surface area contributed by atoms with Crippen molar-refractivity contribution in [2.45, 2.75) is 12.3 Å². The van der Waals surface area contributed by atoms with Crippen LogP contribution in [-0.4, -0.2) is 29.3 Å². The number of nitrogens with zero attached hydrogens (tertiary/aromatic N) is 2. The van der Waals surface area contributed by atoms with Crippen molar-refractivity contribution in [1.82, 2.24) is 4.98 Å². The summed E-state index contributed by atoms with van der Waals surface area (Å²) in [7, 11) is 0. The monoisotopic (exact) mass is 358 g/mol. The van der Waals surface area contributed by atoms with Crippen LogP contribution in [0.4, 0.5) is 10.6 Å². The van der Waals surface area contributed by atoms with Gasteiger partial charge in [0, 0.05) is 18.0 Å². The molecule has 0 fully saturated rings. The molecule has 0 unspecified atom stereocenters. The first-order valence-electron chi connectivity index (χ1n) is 9.03. The van der Waals surface area contributed by atoms with Crippen LogP contribution in [0.15, 0.2) is 60.8 Å². The highest BCUT2D eigenvalue weighted by Crippen LogP contribution is 2.44. The van der Waals surface area contributed by atoms with Gasteiger partial charge in [0.05, 0.1) is 6.20 Å². The number of hydrogen-bond acceptors (Lipinski definition) is 4. The van der Waals surface area contributed by atoms with E-state index in [4.69, 9.17) is 4.74 Å². The quantitative estimate of drug-likeness (QED) is 0.749. The number of aromatic hydroxyl groups is 1. The molecule has 0 spiro atoms. The normalized spacial score (nSPS) is 14.6. The molecule has 5 nitrogen and oxygen atoms in total. The molecule has 2 aliphatic rings. The highest BCUT2D eigenvalue weighted by atomic mass is 16.6. The fraction of sp³-hybridized carbons (Fsp3) is 0.182. The molecule has 134 valence electrons. The maximum absolute atomic E-state index is 12.7. The van der Waals surface area contributed by atoms with Gasteiger partial charge in [-0.1, -0.05) is 48.5 Å². The summed E-state index contributed by atoms with van der Waals surface area (Å²) >= 11 is 0. The van der Waals surface area contributed by atoms with Gasteiger partial charge in [-0.25, -0.2) is 9.78 Å². The predicted molar refractivity (Wildman–Crippen MR) is 102 cm³/mol. The molecule has 2 aromatic carbocycles. The van der Waals surface area contributed by atoms with Crippen LogP contribution in [-0.2, 0) is 11.2 Å². The topological polar surface area (TPSA) is 62.7 Å². The van der Waals surface area contributed by atoms with Crippen LogP contribution >= 0.6 is 0 Å². The van der Waals surface area contributed by atoms with Gasteiger partial charge in [-0.2, -0.15) is 0 Å². The van der Waals surface area contributed by atoms with E-state index in [-0.39, 0.29) is 18.3 Å². The molecule has 5 rings (SSSR count). The Morgan fingerprint density at radius 3 is 2.48 bits per heavy atom. The number of benzene rings is 2. The average molecular weight is 358 g/mol. The smallest absolute Gasteiger partial charge is 0.415 e. The highest BCUT2D eigenvalue weighted by Gasteiger charge is 2.32. The molecular weight excluding hydrogens is 340 g/mol. The second-order valence-corrected chi connectivity index (χ2v) is 6.88. The minimum atomic E-state index is -0.395. The van der Waals surface area contributed by atoms with Crippen LogP contribution in [0.2, 0.25) is 0 Å². The zero-order valence-corrected chi connectivity index (χ0v) is 14.6. The minimum Gasteiger partial charge on any atom is -0.506 e. The second kappa shape index (κ2) is 6.13. The summed E-state index contributed by atoms with van der Waals surface area (Å²) in [5.74, 6) is 0.726. The number of hydrogen-bond donors (Lipinski definition) is 1. The molecule has 1 amide bonds. The van der Waals surface area contributed by atoms with Crippen molar-refractivity contribution < 1.29 is 14.6 Å². The molecule has 1 aromatic heterocycles. The van der Waals surface area contributed by atoms with Crippen molar-refractivity contribution in [3.63, 3.8) is 0 Å². The molecule has 0 radical (unpaired) electrons. The highest BCUT2D eigenvalue weighted by molar-refractivity contribution is 5.89. The van der Waals surface area contributed by atoms with Gasteiger partial charge >= 0.3 is 6.09 Å². The van der Waals surface area contributed by atoms with Crippen molar-refractivity contribution in [1.29, 1.82) is 0 Å². The standard InChI is InChI=1S/C22H18N2O3/c25-15-11-14-9-10-24(21(14)23-12-15)22(26)27-13-20-18-7-3-1-5-16(18)17-6-2-4-8-19(17)20/h1-8,11-12,20,25H,9-10,13H2. The third kappa shape index (κ3) is 2.54. The first-order chi connectivity index (χ1) is 13.2. The molecule has 5 heteroatoms. The lowest BCUT2D eigenvalue weighted by atomic mass is 9.98. The molecule has 27 heavy (non-hydrogen) atoms. The Balaban J connectivity index is 1.38. The average Bonchev–Trinajstić information content (AvgIpc) is 3.25. The van der Waals surface area contributed by atoms with E-state index >= 15 is 0 Å². The Kier molecular flexibility index (Phi) is 3.60. The van der Waals surface area contributed by atoms with Crippen LogP contribution in [0.5, 0.6) is 5.75 Å². The summed E-state index contributed by atoms with van der Waals surface area (Å²) in [4.78, 5) is 18.4. The maximum atomic E-state index is 12.7. The number of amides is 1. The van der Waals surface area contributed by atoms with Crippen molar-refractivity contribution in [2.24, 2.45) is 0 Å². The van der Waals surface area contributed by atoms with Crippen LogP contribution < -0.4 is 4.90 Å². The van der Waals surface area contributed by atoms with E-state index in [0.717, 1.165) is 5.56 Å². The lowest BCUT2D eigenvalue weighted by molar-refractivity contribution is 0.150. The van der Waals surface area contributed by atoms with Crippen molar-refractivity contribution in [3.8, 4) is 16.9 Å². The van der Waals surface area contributed by atoms with E-state index in [0.29, 0.717) is 18.8 Å². The molecule has 0 atom stereocenters. The Bertz CT molecular complexity index is 1000. The first-order valence-corrected chi connectivity index (χ1v) is 9.03. The van der Waals surface area contributed by atoms with Crippen LogP contribution in [0.3, 0.4) is 0 Å². The Labute approximate surface area is 156 Å². The van der Waals surface area contributed by atoms with Gasteiger partial charge in [0.2, 0.25) is 0 Å². The summed E-state index contributed by atoms with van der Waals surface area (Å²) in [6.45, 7) is 0.805. The molecular formula is C22H18N2O3. The van der Waals surface area contributed by atoms with Gasteiger partial charge in [-0.05, 0) is 34.7 Å². The fourth-order valence-electron chi connectivity index (χ4n) is 4.11. The maximum Gasteiger partial charge on any atom is 0.415 e. The Morgan fingerprint density at radius 1 is 1.11 bits per heavy atom. The SMILES string of the molecule is O=C(OCC1c2ccccc2-c2ccccc21)N1CCc2cc(O)cnc21.